The van der Waals surface area contributed by atoms with Crippen LogP contribution in [-0.4, -0.2) is 16.2 Å². The predicted molar refractivity (Wildman–Crippen MR) is 73.1 cm³/mol. The maximum Gasteiger partial charge on any atom is 0.205 e. The van der Waals surface area contributed by atoms with Crippen molar-refractivity contribution in [1.29, 1.82) is 0 Å². The average Bonchev–Trinajstić information content (AvgIpc) is 3.30. The molecule has 2 saturated carbocycles. The Morgan fingerprint density at radius 1 is 1.26 bits per heavy atom. The summed E-state index contributed by atoms with van der Waals surface area (Å²) >= 11 is 1.66. The molecule has 2 fully saturated rings. The number of hydrogen-bond donors (Lipinski definition) is 1. The SMILES string of the molecule is Fc1cccc([C@@H]2C[C@H]2Nc2nnc(C3CC3)s2)c1. The number of halogens is 1. The minimum absolute atomic E-state index is 0.157. The van der Waals surface area contributed by atoms with E-state index >= 15 is 0 Å². The smallest absolute Gasteiger partial charge is 0.205 e. The number of benzene rings is 1. The molecule has 19 heavy (non-hydrogen) atoms. The number of anilines is 1. The molecule has 1 aromatic heterocycles. The fourth-order valence-electron chi connectivity index (χ4n) is 2.41. The summed E-state index contributed by atoms with van der Waals surface area (Å²) in [5, 5.41) is 13.9. The van der Waals surface area contributed by atoms with Gasteiger partial charge < -0.3 is 5.32 Å². The van der Waals surface area contributed by atoms with Gasteiger partial charge in [-0.15, -0.1) is 10.2 Å². The molecule has 1 heterocycles. The van der Waals surface area contributed by atoms with Crippen LogP contribution < -0.4 is 5.32 Å². The molecule has 0 radical (unpaired) electrons. The third-order valence-corrected chi connectivity index (χ3v) is 4.76. The lowest BCUT2D eigenvalue weighted by Gasteiger charge is -2.01. The zero-order chi connectivity index (χ0) is 12.8. The van der Waals surface area contributed by atoms with Gasteiger partial charge in [0.15, 0.2) is 0 Å². The van der Waals surface area contributed by atoms with Gasteiger partial charge in [0.25, 0.3) is 0 Å². The van der Waals surface area contributed by atoms with Crippen LogP contribution in [0, 0.1) is 5.82 Å². The zero-order valence-corrected chi connectivity index (χ0v) is 11.2. The molecular weight excluding hydrogens is 261 g/mol. The van der Waals surface area contributed by atoms with E-state index in [4.69, 9.17) is 0 Å². The van der Waals surface area contributed by atoms with Crippen LogP contribution in [0.2, 0.25) is 0 Å². The van der Waals surface area contributed by atoms with Crippen molar-refractivity contribution in [3.63, 3.8) is 0 Å². The molecule has 2 aliphatic carbocycles. The molecule has 1 N–H and O–H groups in total. The summed E-state index contributed by atoms with van der Waals surface area (Å²) < 4.78 is 13.2. The highest BCUT2D eigenvalue weighted by Crippen LogP contribution is 2.45. The van der Waals surface area contributed by atoms with Crippen LogP contribution in [0.5, 0.6) is 0 Å². The monoisotopic (exact) mass is 275 g/mol. The molecule has 0 saturated heterocycles. The van der Waals surface area contributed by atoms with Gasteiger partial charge in [0.1, 0.15) is 10.8 Å². The molecule has 0 bridgehead atoms. The van der Waals surface area contributed by atoms with Crippen molar-refractivity contribution >= 4 is 16.5 Å². The van der Waals surface area contributed by atoms with Gasteiger partial charge in [0.05, 0.1) is 0 Å². The van der Waals surface area contributed by atoms with Gasteiger partial charge in [-0.25, -0.2) is 4.39 Å². The van der Waals surface area contributed by atoms with Crippen LogP contribution in [-0.2, 0) is 0 Å². The second-order valence-electron chi connectivity index (χ2n) is 5.37. The molecular formula is C14H14FN3S. The van der Waals surface area contributed by atoms with E-state index in [2.05, 4.69) is 15.5 Å². The highest BCUT2D eigenvalue weighted by atomic mass is 32.1. The van der Waals surface area contributed by atoms with E-state index in [9.17, 15) is 4.39 Å². The Morgan fingerprint density at radius 3 is 2.95 bits per heavy atom. The molecule has 2 aromatic rings. The first-order valence-corrected chi connectivity index (χ1v) is 7.46. The van der Waals surface area contributed by atoms with Crippen LogP contribution in [0.1, 0.15) is 41.7 Å². The topological polar surface area (TPSA) is 37.8 Å². The van der Waals surface area contributed by atoms with Crippen molar-refractivity contribution < 1.29 is 4.39 Å². The number of rotatable bonds is 4. The van der Waals surface area contributed by atoms with Crippen molar-refractivity contribution in [3.8, 4) is 0 Å². The third-order valence-electron chi connectivity index (χ3n) is 3.74. The Bertz CT molecular complexity index is 608. The summed E-state index contributed by atoms with van der Waals surface area (Å²) in [6.07, 6.45) is 3.55. The Labute approximate surface area is 114 Å². The lowest BCUT2D eigenvalue weighted by molar-refractivity contribution is 0.625. The van der Waals surface area contributed by atoms with Crippen molar-refractivity contribution in [2.45, 2.75) is 37.1 Å². The molecule has 3 nitrogen and oxygen atoms in total. The Balaban J connectivity index is 1.42. The highest BCUT2D eigenvalue weighted by molar-refractivity contribution is 7.15. The van der Waals surface area contributed by atoms with E-state index in [1.165, 1.54) is 18.9 Å². The largest absolute Gasteiger partial charge is 0.357 e. The summed E-state index contributed by atoms with van der Waals surface area (Å²) in [5.74, 6) is 0.908. The molecule has 0 unspecified atom stereocenters. The highest BCUT2D eigenvalue weighted by Gasteiger charge is 2.39. The lowest BCUT2D eigenvalue weighted by Crippen LogP contribution is -2.03. The number of hydrogen-bond acceptors (Lipinski definition) is 4. The van der Waals surface area contributed by atoms with Gasteiger partial charge in [-0.1, -0.05) is 23.5 Å². The van der Waals surface area contributed by atoms with Crippen molar-refractivity contribution in [1.82, 2.24) is 10.2 Å². The fourth-order valence-corrected chi connectivity index (χ4v) is 3.38. The molecule has 0 spiro atoms. The minimum Gasteiger partial charge on any atom is -0.357 e. The second-order valence-corrected chi connectivity index (χ2v) is 6.38. The van der Waals surface area contributed by atoms with E-state index in [0.717, 1.165) is 22.1 Å². The van der Waals surface area contributed by atoms with Crippen LogP contribution in [0.15, 0.2) is 24.3 Å². The first-order valence-electron chi connectivity index (χ1n) is 6.65. The summed E-state index contributed by atoms with van der Waals surface area (Å²) in [5.41, 5.74) is 1.07. The van der Waals surface area contributed by atoms with Gasteiger partial charge in [-0.3, -0.25) is 0 Å². The summed E-state index contributed by atoms with van der Waals surface area (Å²) in [6, 6.07) is 7.26. The first kappa shape index (κ1) is 11.3. The normalized spacial score (nSPS) is 25.3. The van der Waals surface area contributed by atoms with Gasteiger partial charge in [0.2, 0.25) is 5.13 Å². The molecule has 0 aliphatic heterocycles. The van der Waals surface area contributed by atoms with Crippen LogP contribution >= 0.6 is 11.3 Å². The molecule has 2 aliphatic rings. The lowest BCUT2D eigenvalue weighted by atomic mass is 10.1. The molecule has 2 atom stereocenters. The van der Waals surface area contributed by atoms with E-state index < -0.39 is 0 Å². The average molecular weight is 275 g/mol. The summed E-state index contributed by atoms with van der Waals surface area (Å²) in [7, 11) is 0. The Kier molecular flexibility index (Phi) is 2.55. The minimum atomic E-state index is -0.157. The van der Waals surface area contributed by atoms with E-state index in [1.54, 1.807) is 23.5 Å². The van der Waals surface area contributed by atoms with E-state index in [1.807, 2.05) is 6.07 Å². The third kappa shape index (κ3) is 2.34. The Hall–Kier alpha value is -1.49. The van der Waals surface area contributed by atoms with Crippen LogP contribution in [0.4, 0.5) is 9.52 Å². The predicted octanol–water partition coefficient (Wildman–Crippen LogP) is 3.52. The van der Waals surface area contributed by atoms with Gasteiger partial charge in [-0.2, -0.15) is 0 Å². The van der Waals surface area contributed by atoms with E-state index in [0.29, 0.717) is 17.9 Å². The molecule has 98 valence electrons. The molecule has 0 amide bonds. The van der Waals surface area contributed by atoms with Gasteiger partial charge in [-0.05, 0) is 37.0 Å². The maximum atomic E-state index is 13.2. The van der Waals surface area contributed by atoms with E-state index in [-0.39, 0.29) is 5.82 Å². The zero-order valence-electron chi connectivity index (χ0n) is 10.3. The second kappa shape index (κ2) is 4.27. The van der Waals surface area contributed by atoms with Crippen molar-refractivity contribution in [3.05, 3.63) is 40.7 Å². The van der Waals surface area contributed by atoms with Crippen LogP contribution in [0.25, 0.3) is 0 Å². The summed E-state index contributed by atoms with van der Waals surface area (Å²) in [4.78, 5) is 0. The quantitative estimate of drug-likeness (QED) is 0.927. The molecule has 5 heteroatoms. The maximum absolute atomic E-state index is 13.2. The van der Waals surface area contributed by atoms with Crippen LogP contribution in [0.3, 0.4) is 0 Å². The van der Waals surface area contributed by atoms with Crippen molar-refractivity contribution in [2.24, 2.45) is 0 Å². The number of nitrogens with one attached hydrogen (secondary N) is 1. The molecule has 4 rings (SSSR count). The molecule has 1 aromatic carbocycles. The standard InChI is InChI=1S/C14H14FN3S/c15-10-3-1-2-9(6-10)11-7-12(11)16-14-18-17-13(19-14)8-4-5-8/h1-3,6,8,11-12H,4-5,7H2,(H,16,18)/t11-,12+/m0/s1. The number of nitrogens with zero attached hydrogens (tertiary/aromatic N) is 2. The fraction of sp³-hybridized carbons (Fsp3) is 0.429. The van der Waals surface area contributed by atoms with Gasteiger partial charge >= 0.3 is 0 Å². The number of aromatic nitrogens is 2. The Morgan fingerprint density at radius 2 is 2.16 bits per heavy atom. The van der Waals surface area contributed by atoms with Crippen molar-refractivity contribution in [2.75, 3.05) is 5.32 Å². The first-order chi connectivity index (χ1) is 9.29. The summed E-state index contributed by atoms with van der Waals surface area (Å²) in [6.45, 7) is 0. The van der Waals surface area contributed by atoms with Gasteiger partial charge in [0, 0.05) is 17.9 Å².